The van der Waals surface area contributed by atoms with Gasteiger partial charge in [-0.05, 0) is 24.3 Å². The lowest BCUT2D eigenvalue weighted by molar-refractivity contribution is -0.146. The number of carboxylic acids is 1. The molecule has 1 aromatic carbocycles. The molecule has 0 aliphatic heterocycles. The number of carboxylic acid groups (broad SMARTS) is 1. The third-order valence-corrected chi connectivity index (χ3v) is 2.35. The first-order valence-corrected chi connectivity index (χ1v) is 5.33. The average molecular weight is 258 g/mol. The average Bonchev–Trinajstić information content (AvgIpc) is 2.29. The van der Waals surface area contributed by atoms with E-state index in [9.17, 15) is 9.59 Å². The molecule has 0 saturated heterocycles. The fourth-order valence-electron chi connectivity index (χ4n) is 1.15. The fraction of sp³-hybridized carbons (Fsp3) is 0.273. The van der Waals surface area contributed by atoms with Gasteiger partial charge in [0.1, 0.15) is 0 Å². The molecule has 0 heterocycles. The molecule has 6 heteroatoms. The van der Waals surface area contributed by atoms with E-state index in [0.717, 1.165) is 0 Å². The first kappa shape index (κ1) is 13.5. The summed E-state index contributed by atoms with van der Waals surface area (Å²) in [4.78, 5) is 21.8. The zero-order valence-electron chi connectivity index (χ0n) is 8.89. The topological polar surface area (TPSA) is 86.6 Å². The van der Waals surface area contributed by atoms with Crippen LogP contribution in [-0.2, 0) is 4.79 Å². The van der Waals surface area contributed by atoms with Crippen molar-refractivity contribution in [1.29, 1.82) is 0 Å². The van der Waals surface area contributed by atoms with Gasteiger partial charge >= 0.3 is 5.97 Å². The summed E-state index contributed by atoms with van der Waals surface area (Å²) in [5, 5.41) is 20.4. The molecular weight excluding hydrogens is 246 g/mol. The second-order valence-corrected chi connectivity index (χ2v) is 3.84. The van der Waals surface area contributed by atoms with Crippen LogP contribution in [0.25, 0.3) is 0 Å². The smallest absolute Gasteiger partial charge is 0.332 e. The van der Waals surface area contributed by atoms with Gasteiger partial charge in [0.25, 0.3) is 5.91 Å². The van der Waals surface area contributed by atoms with Crippen LogP contribution >= 0.6 is 11.6 Å². The monoisotopic (exact) mass is 257 g/mol. The number of amides is 1. The van der Waals surface area contributed by atoms with Crippen LogP contribution in [0.4, 0.5) is 0 Å². The number of halogens is 1. The zero-order valence-corrected chi connectivity index (χ0v) is 9.65. The van der Waals surface area contributed by atoms with Crippen molar-refractivity contribution in [2.24, 2.45) is 0 Å². The van der Waals surface area contributed by atoms with Crippen molar-refractivity contribution < 1.29 is 19.8 Å². The Morgan fingerprint density at radius 1 is 1.29 bits per heavy atom. The summed E-state index contributed by atoms with van der Waals surface area (Å²) in [5.41, 5.74) is 0.430. The van der Waals surface area contributed by atoms with Gasteiger partial charge in [0, 0.05) is 23.6 Å². The third-order valence-electron chi connectivity index (χ3n) is 2.09. The molecule has 0 aliphatic rings. The van der Waals surface area contributed by atoms with Crippen LogP contribution in [0.2, 0.25) is 5.02 Å². The van der Waals surface area contributed by atoms with Gasteiger partial charge < -0.3 is 15.5 Å². The van der Waals surface area contributed by atoms with Gasteiger partial charge in [-0.1, -0.05) is 11.6 Å². The van der Waals surface area contributed by atoms with E-state index in [-0.39, 0.29) is 18.9 Å². The van der Waals surface area contributed by atoms with Crippen LogP contribution in [0.15, 0.2) is 24.3 Å². The predicted molar refractivity (Wildman–Crippen MR) is 62.0 cm³/mol. The van der Waals surface area contributed by atoms with Crippen molar-refractivity contribution in [1.82, 2.24) is 5.32 Å². The van der Waals surface area contributed by atoms with Gasteiger partial charge in [0.05, 0.1) is 0 Å². The van der Waals surface area contributed by atoms with Gasteiger partial charge in [-0.2, -0.15) is 0 Å². The molecule has 0 saturated carbocycles. The minimum Gasteiger partial charge on any atom is -0.479 e. The molecule has 0 bridgehead atoms. The summed E-state index contributed by atoms with van der Waals surface area (Å²) in [5.74, 6) is -1.63. The largest absolute Gasteiger partial charge is 0.479 e. The number of aliphatic hydroxyl groups is 1. The van der Waals surface area contributed by atoms with Crippen molar-refractivity contribution in [3.8, 4) is 0 Å². The summed E-state index contributed by atoms with van der Waals surface area (Å²) < 4.78 is 0. The van der Waals surface area contributed by atoms with Crippen molar-refractivity contribution in [2.75, 3.05) is 6.54 Å². The summed E-state index contributed by atoms with van der Waals surface area (Å²) in [7, 11) is 0. The van der Waals surface area contributed by atoms with E-state index in [1.54, 1.807) is 24.3 Å². The Kier molecular flexibility index (Phi) is 4.93. The maximum Gasteiger partial charge on any atom is 0.332 e. The number of carbonyl (C=O) groups excluding carboxylic acids is 1. The molecule has 1 aromatic rings. The summed E-state index contributed by atoms with van der Waals surface area (Å²) in [6.45, 7) is 0.0922. The third kappa shape index (κ3) is 4.42. The van der Waals surface area contributed by atoms with Crippen LogP contribution in [-0.4, -0.2) is 34.7 Å². The molecule has 0 aromatic heterocycles. The highest BCUT2D eigenvalue weighted by Crippen LogP contribution is 2.09. The van der Waals surface area contributed by atoms with E-state index in [1.165, 1.54) is 0 Å². The Morgan fingerprint density at radius 3 is 2.41 bits per heavy atom. The maximum absolute atomic E-state index is 11.5. The number of hydrogen-bond donors (Lipinski definition) is 3. The van der Waals surface area contributed by atoms with Crippen LogP contribution in [0.3, 0.4) is 0 Å². The van der Waals surface area contributed by atoms with E-state index in [2.05, 4.69) is 5.32 Å². The van der Waals surface area contributed by atoms with Crippen molar-refractivity contribution in [2.45, 2.75) is 12.5 Å². The highest BCUT2D eigenvalue weighted by Gasteiger charge is 2.13. The number of nitrogens with one attached hydrogen (secondary N) is 1. The predicted octanol–water partition coefficient (Wildman–Crippen LogP) is 0.905. The Labute approximate surface area is 103 Å². The van der Waals surface area contributed by atoms with Crippen LogP contribution in [0.5, 0.6) is 0 Å². The van der Waals surface area contributed by atoms with Crippen LogP contribution in [0, 0.1) is 0 Å². The molecule has 0 spiro atoms. The number of benzene rings is 1. The van der Waals surface area contributed by atoms with Gasteiger partial charge in [0.2, 0.25) is 0 Å². The van der Waals surface area contributed by atoms with Crippen LogP contribution < -0.4 is 5.32 Å². The first-order chi connectivity index (χ1) is 8.00. The molecule has 5 nitrogen and oxygen atoms in total. The number of hydrogen-bond acceptors (Lipinski definition) is 3. The van der Waals surface area contributed by atoms with Gasteiger partial charge in [0.15, 0.2) is 6.10 Å². The second kappa shape index (κ2) is 6.22. The maximum atomic E-state index is 11.5. The summed E-state index contributed by atoms with van der Waals surface area (Å²) in [6, 6.07) is 6.29. The van der Waals surface area contributed by atoms with Crippen molar-refractivity contribution in [3.05, 3.63) is 34.9 Å². The number of carbonyl (C=O) groups is 2. The SMILES string of the molecule is O=C(NCC[C@H](O)C(=O)O)c1ccc(Cl)cc1. The molecule has 0 radical (unpaired) electrons. The van der Waals surface area contributed by atoms with Gasteiger partial charge in [-0.25, -0.2) is 4.79 Å². The lowest BCUT2D eigenvalue weighted by Crippen LogP contribution is -2.29. The van der Waals surface area contributed by atoms with E-state index in [1.807, 2.05) is 0 Å². The Balaban J connectivity index is 2.40. The Bertz CT molecular complexity index is 404. The highest BCUT2D eigenvalue weighted by atomic mass is 35.5. The summed E-state index contributed by atoms with van der Waals surface area (Å²) >= 11 is 5.67. The first-order valence-electron chi connectivity index (χ1n) is 4.95. The lowest BCUT2D eigenvalue weighted by Gasteiger charge is -2.07. The molecule has 17 heavy (non-hydrogen) atoms. The van der Waals surface area contributed by atoms with E-state index >= 15 is 0 Å². The number of aliphatic hydroxyl groups excluding tert-OH is 1. The van der Waals surface area contributed by atoms with Crippen molar-refractivity contribution in [3.63, 3.8) is 0 Å². The highest BCUT2D eigenvalue weighted by molar-refractivity contribution is 6.30. The Morgan fingerprint density at radius 2 is 1.88 bits per heavy atom. The van der Waals surface area contributed by atoms with E-state index in [0.29, 0.717) is 10.6 Å². The van der Waals surface area contributed by atoms with Gasteiger partial charge in [-0.3, -0.25) is 4.79 Å². The molecule has 1 atom stereocenters. The summed E-state index contributed by atoms with van der Waals surface area (Å²) in [6.07, 6.45) is -1.49. The molecule has 1 rings (SSSR count). The molecule has 1 amide bonds. The molecule has 0 aliphatic carbocycles. The van der Waals surface area contributed by atoms with Gasteiger partial charge in [-0.15, -0.1) is 0 Å². The fourth-order valence-corrected chi connectivity index (χ4v) is 1.28. The Hall–Kier alpha value is -1.59. The zero-order chi connectivity index (χ0) is 12.8. The molecule has 3 N–H and O–H groups in total. The minimum absolute atomic E-state index is 0.0331. The van der Waals surface area contributed by atoms with E-state index < -0.39 is 12.1 Å². The molecule has 0 unspecified atom stereocenters. The number of aliphatic carboxylic acids is 1. The second-order valence-electron chi connectivity index (χ2n) is 3.41. The molecular formula is C11H12ClNO4. The standard InChI is InChI=1S/C11H12ClNO4/c12-8-3-1-7(2-4-8)10(15)13-6-5-9(14)11(16)17/h1-4,9,14H,5-6H2,(H,13,15)(H,16,17)/t9-/m0/s1. The lowest BCUT2D eigenvalue weighted by atomic mass is 10.2. The normalized spacial score (nSPS) is 11.9. The number of rotatable bonds is 5. The van der Waals surface area contributed by atoms with Crippen molar-refractivity contribution >= 4 is 23.5 Å². The van der Waals surface area contributed by atoms with E-state index in [4.69, 9.17) is 21.8 Å². The van der Waals surface area contributed by atoms with Crippen LogP contribution in [0.1, 0.15) is 16.8 Å². The quantitative estimate of drug-likeness (QED) is 0.732. The molecule has 0 fully saturated rings. The molecule has 92 valence electrons. The minimum atomic E-state index is -1.46.